The van der Waals surface area contributed by atoms with Gasteiger partial charge >= 0.3 is 0 Å². The summed E-state index contributed by atoms with van der Waals surface area (Å²) in [4.78, 5) is 5.66. The minimum Gasteiger partial charge on any atom is -0.364 e. The number of benzene rings is 1. The van der Waals surface area contributed by atoms with Gasteiger partial charge in [0.05, 0.1) is 5.92 Å². The van der Waals surface area contributed by atoms with Crippen molar-refractivity contribution in [3.05, 3.63) is 81.7 Å². The fourth-order valence-corrected chi connectivity index (χ4v) is 2.77. The van der Waals surface area contributed by atoms with E-state index in [2.05, 4.69) is 9.97 Å². The Hall–Kier alpha value is -2.57. The van der Waals surface area contributed by atoms with Gasteiger partial charge in [0.1, 0.15) is 0 Å². The van der Waals surface area contributed by atoms with Crippen LogP contribution in [0.1, 0.15) is 34.0 Å². The lowest BCUT2D eigenvalue weighted by Crippen LogP contribution is -2.15. The van der Waals surface area contributed by atoms with Crippen LogP contribution in [0.2, 0.25) is 0 Å². The maximum absolute atomic E-state index is 14.3. The zero-order valence-corrected chi connectivity index (χ0v) is 12.8. The molecule has 1 atom stereocenters. The van der Waals surface area contributed by atoms with Crippen LogP contribution in [0, 0.1) is 42.9 Å². The van der Waals surface area contributed by atoms with E-state index in [0.29, 0.717) is 17.0 Å². The zero-order valence-electron chi connectivity index (χ0n) is 12.8. The summed E-state index contributed by atoms with van der Waals surface area (Å²) in [5, 5.41) is 0. The van der Waals surface area contributed by atoms with Gasteiger partial charge in [-0.1, -0.05) is 0 Å². The van der Waals surface area contributed by atoms with E-state index in [9.17, 15) is 22.0 Å². The second-order valence-corrected chi connectivity index (χ2v) is 5.55. The van der Waals surface area contributed by atoms with Gasteiger partial charge in [0.15, 0.2) is 23.3 Å². The fourth-order valence-electron chi connectivity index (χ4n) is 2.77. The highest BCUT2D eigenvalue weighted by Gasteiger charge is 2.34. The summed E-state index contributed by atoms with van der Waals surface area (Å²) in [6.07, 6.45) is 3.13. The van der Waals surface area contributed by atoms with Gasteiger partial charge in [0.2, 0.25) is 5.82 Å². The highest BCUT2D eigenvalue weighted by atomic mass is 19.2. The van der Waals surface area contributed by atoms with E-state index < -0.39 is 40.6 Å². The lowest BCUT2D eigenvalue weighted by molar-refractivity contribution is 0.368. The Morgan fingerprint density at radius 3 is 1.88 bits per heavy atom. The average molecular weight is 340 g/mol. The molecule has 2 heterocycles. The molecule has 0 radical (unpaired) electrons. The van der Waals surface area contributed by atoms with Gasteiger partial charge in [-0.2, -0.15) is 0 Å². The SMILES string of the molecule is Cc1c[nH]c(C(c2ccc[nH]2)c2c(F)c(F)c(F)c(F)c2F)c1C. The lowest BCUT2D eigenvalue weighted by atomic mass is 9.89. The highest BCUT2D eigenvalue weighted by molar-refractivity contribution is 5.45. The number of H-pyrrole nitrogens is 2. The molecular weight excluding hydrogens is 327 g/mol. The van der Waals surface area contributed by atoms with E-state index in [0.717, 1.165) is 5.56 Å². The predicted molar refractivity (Wildman–Crippen MR) is 78.2 cm³/mol. The maximum atomic E-state index is 14.3. The van der Waals surface area contributed by atoms with E-state index in [4.69, 9.17) is 0 Å². The number of hydrogen-bond donors (Lipinski definition) is 2. The van der Waals surface area contributed by atoms with Crippen molar-refractivity contribution >= 4 is 0 Å². The molecule has 7 heteroatoms. The van der Waals surface area contributed by atoms with Gasteiger partial charge in [-0.25, -0.2) is 22.0 Å². The number of aromatic amines is 2. The quantitative estimate of drug-likeness (QED) is 0.389. The molecule has 2 aromatic heterocycles. The molecule has 1 unspecified atom stereocenters. The number of hydrogen-bond acceptors (Lipinski definition) is 0. The predicted octanol–water partition coefficient (Wildman–Crippen LogP) is 4.84. The van der Waals surface area contributed by atoms with E-state index in [1.165, 1.54) is 12.3 Å². The monoisotopic (exact) mass is 340 g/mol. The van der Waals surface area contributed by atoms with Crippen molar-refractivity contribution < 1.29 is 22.0 Å². The molecule has 126 valence electrons. The van der Waals surface area contributed by atoms with Crippen LogP contribution in [-0.2, 0) is 0 Å². The number of rotatable bonds is 3. The molecule has 24 heavy (non-hydrogen) atoms. The van der Waals surface area contributed by atoms with Crippen molar-refractivity contribution in [1.29, 1.82) is 0 Å². The summed E-state index contributed by atoms with van der Waals surface area (Å²) in [5.74, 6) is -10.9. The van der Waals surface area contributed by atoms with E-state index in [-0.39, 0.29) is 0 Å². The molecule has 0 fully saturated rings. The molecule has 0 aliphatic carbocycles. The summed E-state index contributed by atoms with van der Waals surface area (Å²) in [6.45, 7) is 3.49. The molecular formula is C17H13F5N2. The Kier molecular flexibility index (Phi) is 3.95. The Morgan fingerprint density at radius 1 is 0.833 bits per heavy atom. The first-order chi connectivity index (χ1) is 11.3. The van der Waals surface area contributed by atoms with Crippen LogP contribution >= 0.6 is 0 Å². The third-order valence-electron chi connectivity index (χ3n) is 4.19. The first-order valence-corrected chi connectivity index (χ1v) is 7.13. The first kappa shape index (κ1) is 16.3. The Balaban J connectivity index is 2.35. The van der Waals surface area contributed by atoms with E-state index in [1.807, 2.05) is 0 Å². The van der Waals surface area contributed by atoms with Crippen molar-refractivity contribution in [2.24, 2.45) is 0 Å². The minimum absolute atomic E-state index is 0.308. The normalized spacial score (nSPS) is 12.6. The Labute approximate surface area is 134 Å². The van der Waals surface area contributed by atoms with Crippen LogP contribution in [0.15, 0.2) is 24.5 Å². The van der Waals surface area contributed by atoms with Crippen LogP contribution in [0.4, 0.5) is 22.0 Å². The molecule has 3 aromatic rings. The lowest BCUT2D eigenvalue weighted by Gasteiger charge is -2.19. The molecule has 0 amide bonds. The van der Waals surface area contributed by atoms with E-state index in [1.54, 1.807) is 26.1 Å². The van der Waals surface area contributed by atoms with Crippen molar-refractivity contribution in [1.82, 2.24) is 9.97 Å². The molecule has 0 saturated heterocycles. The van der Waals surface area contributed by atoms with Crippen LogP contribution < -0.4 is 0 Å². The molecule has 2 N–H and O–H groups in total. The van der Waals surface area contributed by atoms with Crippen molar-refractivity contribution in [2.45, 2.75) is 19.8 Å². The molecule has 0 aliphatic rings. The van der Waals surface area contributed by atoms with Gasteiger partial charge in [-0.05, 0) is 37.1 Å². The molecule has 0 aliphatic heterocycles. The number of aryl methyl sites for hydroxylation is 1. The van der Waals surface area contributed by atoms with E-state index >= 15 is 0 Å². The Morgan fingerprint density at radius 2 is 1.42 bits per heavy atom. The van der Waals surface area contributed by atoms with Gasteiger partial charge in [-0.3, -0.25) is 0 Å². The molecule has 1 aromatic carbocycles. The third-order valence-corrected chi connectivity index (χ3v) is 4.19. The second kappa shape index (κ2) is 5.81. The van der Waals surface area contributed by atoms with Gasteiger partial charge in [-0.15, -0.1) is 0 Å². The van der Waals surface area contributed by atoms with Crippen LogP contribution in [0.5, 0.6) is 0 Å². The summed E-state index contributed by atoms with van der Waals surface area (Å²) < 4.78 is 69.3. The van der Waals surface area contributed by atoms with Crippen molar-refractivity contribution in [3.63, 3.8) is 0 Å². The topological polar surface area (TPSA) is 31.6 Å². The fraction of sp³-hybridized carbons (Fsp3) is 0.176. The Bertz CT molecular complexity index is 867. The number of halogens is 5. The summed E-state index contributed by atoms with van der Waals surface area (Å²) in [7, 11) is 0. The van der Waals surface area contributed by atoms with Gasteiger partial charge in [0.25, 0.3) is 0 Å². The largest absolute Gasteiger partial charge is 0.364 e. The standard InChI is InChI=1S/C17H13F5N2/c1-7-6-24-17(8(7)2)10(9-4-3-5-23-9)11-12(18)14(20)16(22)15(21)13(11)19/h3-6,10,23-24H,1-2H3. The highest BCUT2D eigenvalue weighted by Crippen LogP contribution is 2.38. The van der Waals surface area contributed by atoms with Gasteiger partial charge < -0.3 is 9.97 Å². The molecule has 0 saturated carbocycles. The summed E-state index contributed by atoms with van der Waals surface area (Å²) >= 11 is 0. The molecule has 0 spiro atoms. The summed E-state index contributed by atoms with van der Waals surface area (Å²) in [6, 6.07) is 3.11. The molecule has 0 bridgehead atoms. The van der Waals surface area contributed by atoms with Crippen LogP contribution in [0.25, 0.3) is 0 Å². The zero-order chi connectivity index (χ0) is 17.6. The van der Waals surface area contributed by atoms with Crippen LogP contribution in [0.3, 0.4) is 0 Å². The first-order valence-electron chi connectivity index (χ1n) is 7.13. The molecule has 2 nitrogen and oxygen atoms in total. The van der Waals surface area contributed by atoms with Crippen molar-refractivity contribution in [3.8, 4) is 0 Å². The van der Waals surface area contributed by atoms with Gasteiger partial charge in [0, 0.05) is 29.3 Å². The number of nitrogens with one attached hydrogen (secondary N) is 2. The number of aromatic nitrogens is 2. The second-order valence-electron chi connectivity index (χ2n) is 5.55. The smallest absolute Gasteiger partial charge is 0.200 e. The third kappa shape index (κ3) is 2.31. The van der Waals surface area contributed by atoms with Crippen molar-refractivity contribution in [2.75, 3.05) is 0 Å². The molecule has 3 rings (SSSR count). The average Bonchev–Trinajstić information content (AvgIpc) is 3.20. The van der Waals surface area contributed by atoms with Crippen LogP contribution in [-0.4, -0.2) is 9.97 Å². The minimum atomic E-state index is -2.17. The maximum Gasteiger partial charge on any atom is 0.200 e. The summed E-state index contributed by atoms with van der Waals surface area (Å²) in [5.41, 5.74) is 1.27.